The molecule has 16 heavy (non-hydrogen) atoms. The Bertz CT molecular complexity index is 454. The van der Waals surface area contributed by atoms with E-state index in [2.05, 4.69) is 5.32 Å². The second-order valence-corrected chi connectivity index (χ2v) is 3.94. The van der Waals surface area contributed by atoms with E-state index in [1.54, 1.807) is 13.1 Å². The number of nitrogens with one attached hydrogen (secondary N) is 1. The van der Waals surface area contributed by atoms with Gasteiger partial charge in [-0.25, -0.2) is 0 Å². The molecule has 0 atom stereocenters. The quantitative estimate of drug-likeness (QED) is 0.771. The molecule has 0 fully saturated rings. The molecule has 1 aliphatic rings. The van der Waals surface area contributed by atoms with Crippen LogP contribution in [0.5, 0.6) is 0 Å². The number of benzene rings is 1. The minimum Gasteiger partial charge on any atom is -0.332 e. The third kappa shape index (κ3) is 1.78. The van der Waals surface area contributed by atoms with Crippen LogP contribution >= 0.6 is 0 Å². The summed E-state index contributed by atoms with van der Waals surface area (Å²) in [5.74, 6) is -0.265. The van der Waals surface area contributed by atoms with E-state index >= 15 is 0 Å². The maximum Gasteiger partial charge on any atom is 0.256 e. The lowest BCUT2D eigenvalue weighted by atomic mass is 10.1. The van der Waals surface area contributed by atoms with Gasteiger partial charge in [0.1, 0.15) is 0 Å². The van der Waals surface area contributed by atoms with Gasteiger partial charge in [-0.1, -0.05) is 13.0 Å². The molecule has 2 amide bonds. The number of rotatable bonds is 1. The fourth-order valence-electron chi connectivity index (χ4n) is 1.78. The van der Waals surface area contributed by atoms with E-state index in [-0.39, 0.29) is 18.4 Å². The molecule has 0 bridgehead atoms. The minimum atomic E-state index is -0.150. The molecule has 4 nitrogen and oxygen atoms in total. The molecule has 1 aromatic rings. The highest BCUT2D eigenvalue weighted by Crippen LogP contribution is 2.22. The Kier molecular flexibility index (Phi) is 2.64. The normalized spacial score (nSPS) is 15.5. The molecule has 0 saturated heterocycles. The number of aryl methyl sites for hydroxylation is 1. The Morgan fingerprint density at radius 1 is 1.38 bits per heavy atom. The number of fused-ring (bicyclic) bond motifs is 1. The van der Waals surface area contributed by atoms with E-state index in [0.717, 1.165) is 12.0 Å². The summed E-state index contributed by atoms with van der Waals surface area (Å²) in [6.07, 6.45) is 0.882. The summed E-state index contributed by atoms with van der Waals surface area (Å²) in [4.78, 5) is 24.8. The highest BCUT2D eigenvalue weighted by Gasteiger charge is 2.23. The van der Waals surface area contributed by atoms with Gasteiger partial charge in [0.05, 0.1) is 17.8 Å². The highest BCUT2D eigenvalue weighted by molar-refractivity contribution is 6.08. The number of anilines is 1. The first kappa shape index (κ1) is 10.7. The van der Waals surface area contributed by atoms with Gasteiger partial charge in [0, 0.05) is 7.05 Å². The number of carbonyl (C=O) groups excluding carboxylic acids is 2. The molecule has 0 aliphatic carbocycles. The molecule has 1 aromatic carbocycles. The van der Waals surface area contributed by atoms with Gasteiger partial charge < -0.3 is 10.2 Å². The standard InChI is InChI=1S/C12H14N2O2/c1-3-8-4-5-9-10(6-8)13-11(15)7-14(2)12(9)16/h4-6H,3,7H2,1-2H3,(H,13,15). The van der Waals surface area contributed by atoms with Gasteiger partial charge in [-0.05, 0) is 24.1 Å². The zero-order valence-corrected chi connectivity index (χ0v) is 9.41. The second kappa shape index (κ2) is 3.96. The predicted molar refractivity (Wildman–Crippen MR) is 61.4 cm³/mol. The van der Waals surface area contributed by atoms with Crippen LogP contribution in [0, 0.1) is 0 Å². The van der Waals surface area contributed by atoms with E-state index < -0.39 is 0 Å². The molecule has 84 valence electrons. The minimum absolute atomic E-state index is 0.106. The van der Waals surface area contributed by atoms with Gasteiger partial charge in [0.25, 0.3) is 5.91 Å². The molecule has 0 radical (unpaired) electrons. The van der Waals surface area contributed by atoms with Crippen LogP contribution in [0.15, 0.2) is 18.2 Å². The lowest BCUT2D eigenvalue weighted by Gasteiger charge is -2.12. The molecular formula is C12H14N2O2. The van der Waals surface area contributed by atoms with Crippen LogP contribution in [0.25, 0.3) is 0 Å². The number of nitrogens with zero attached hydrogens (tertiary/aromatic N) is 1. The summed E-state index contributed by atoms with van der Waals surface area (Å²) in [5, 5.41) is 2.76. The Balaban J connectivity index is 2.50. The SMILES string of the molecule is CCc1ccc2c(c1)NC(=O)CN(C)C2=O. The third-order valence-electron chi connectivity index (χ3n) is 2.72. The van der Waals surface area contributed by atoms with Gasteiger partial charge in [-0.3, -0.25) is 9.59 Å². The molecule has 0 aromatic heterocycles. The van der Waals surface area contributed by atoms with Crippen LogP contribution in [0.2, 0.25) is 0 Å². The number of likely N-dealkylation sites (N-methyl/N-ethyl adjacent to an activating group) is 1. The first-order valence-electron chi connectivity index (χ1n) is 5.30. The molecule has 0 unspecified atom stereocenters. The van der Waals surface area contributed by atoms with Crippen molar-refractivity contribution in [1.82, 2.24) is 4.90 Å². The second-order valence-electron chi connectivity index (χ2n) is 3.94. The summed E-state index contributed by atoms with van der Waals surface area (Å²) >= 11 is 0. The lowest BCUT2D eigenvalue weighted by molar-refractivity contribution is -0.116. The van der Waals surface area contributed by atoms with Gasteiger partial charge in [-0.2, -0.15) is 0 Å². The third-order valence-corrected chi connectivity index (χ3v) is 2.72. The Morgan fingerprint density at radius 3 is 2.81 bits per heavy atom. The van der Waals surface area contributed by atoms with Gasteiger partial charge in [-0.15, -0.1) is 0 Å². The lowest BCUT2D eigenvalue weighted by Crippen LogP contribution is -2.31. The van der Waals surface area contributed by atoms with Crippen molar-refractivity contribution in [2.24, 2.45) is 0 Å². The van der Waals surface area contributed by atoms with Gasteiger partial charge >= 0.3 is 0 Å². The smallest absolute Gasteiger partial charge is 0.256 e. The summed E-state index contributed by atoms with van der Waals surface area (Å²) in [6.45, 7) is 2.14. The zero-order valence-electron chi connectivity index (χ0n) is 9.41. The fourth-order valence-corrected chi connectivity index (χ4v) is 1.78. The average molecular weight is 218 g/mol. The van der Waals surface area contributed by atoms with Crippen molar-refractivity contribution in [2.45, 2.75) is 13.3 Å². The van der Waals surface area contributed by atoms with E-state index in [0.29, 0.717) is 11.3 Å². The average Bonchev–Trinajstić information content (AvgIpc) is 2.36. The molecular weight excluding hydrogens is 204 g/mol. The Labute approximate surface area is 94.2 Å². The number of amides is 2. The van der Waals surface area contributed by atoms with Gasteiger partial charge in [0.2, 0.25) is 5.91 Å². The molecule has 1 heterocycles. The van der Waals surface area contributed by atoms with Crippen molar-refractivity contribution in [2.75, 3.05) is 18.9 Å². The number of hydrogen-bond acceptors (Lipinski definition) is 2. The maximum absolute atomic E-state index is 11.9. The van der Waals surface area contributed by atoms with Crippen molar-refractivity contribution in [3.63, 3.8) is 0 Å². The summed E-state index contributed by atoms with van der Waals surface area (Å²) in [6, 6.07) is 5.56. The monoisotopic (exact) mass is 218 g/mol. The first-order chi connectivity index (χ1) is 7.61. The zero-order chi connectivity index (χ0) is 11.7. The molecule has 2 rings (SSSR count). The predicted octanol–water partition coefficient (Wildman–Crippen LogP) is 1.27. The van der Waals surface area contributed by atoms with Crippen LogP contribution in [-0.4, -0.2) is 30.3 Å². The van der Waals surface area contributed by atoms with Crippen molar-refractivity contribution >= 4 is 17.5 Å². The van der Waals surface area contributed by atoms with Crippen LogP contribution in [-0.2, 0) is 11.2 Å². The fraction of sp³-hybridized carbons (Fsp3) is 0.333. The molecule has 1 N–H and O–H groups in total. The van der Waals surface area contributed by atoms with Crippen molar-refractivity contribution < 1.29 is 9.59 Å². The summed E-state index contributed by atoms with van der Waals surface area (Å²) in [5.41, 5.74) is 2.29. The van der Waals surface area contributed by atoms with Crippen molar-refractivity contribution in [3.05, 3.63) is 29.3 Å². The highest BCUT2D eigenvalue weighted by atomic mass is 16.2. The molecule has 4 heteroatoms. The van der Waals surface area contributed by atoms with E-state index in [1.807, 2.05) is 19.1 Å². The summed E-state index contributed by atoms with van der Waals surface area (Å²) < 4.78 is 0. The van der Waals surface area contributed by atoms with Crippen LogP contribution in [0.3, 0.4) is 0 Å². The van der Waals surface area contributed by atoms with Crippen LogP contribution < -0.4 is 5.32 Å². The summed E-state index contributed by atoms with van der Waals surface area (Å²) in [7, 11) is 1.63. The van der Waals surface area contributed by atoms with Crippen LogP contribution in [0.1, 0.15) is 22.8 Å². The molecule has 1 aliphatic heterocycles. The first-order valence-corrected chi connectivity index (χ1v) is 5.30. The van der Waals surface area contributed by atoms with E-state index in [1.165, 1.54) is 4.90 Å². The number of hydrogen-bond donors (Lipinski definition) is 1. The van der Waals surface area contributed by atoms with Crippen molar-refractivity contribution in [3.8, 4) is 0 Å². The van der Waals surface area contributed by atoms with E-state index in [4.69, 9.17) is 0 Å². The van der Waals surface area contributed by atoms with Crippen molar-refractivity contribution in [1.29, 1.82) is 0 Å². The van der Waals surface area contributed by atoms with Crippen LogP contribution in [0.4, 0.5) is 5.69 Å². The number of carbonyl (C=O) groups is 2. The Hall–Kier alpha value is -1.84. The molecule has 0 saturated carbocycles. The largest absolute Gasteiger partial charge is 0.332 e. The molecule has 0 spiro atoms. The van der Waals surface area contributed by atoms with Gasteiger partial charge in [0.15, 0.2) is 0 Å². The maximum atomic E-state index is 11.9. The Morgan fingerprint density at radius 2 is 2.12 bits per heavy atom. The van der Waals surface area contributed by atoms with E-state index in [9.17, 15) is 9.59 Å². The topological polar surface area (TPSA) is 49.4 Å².